The zero-order valence-corrected chi connectivity index (χ0v) is 16.1. The molecule has 29 heavy (non-hydrogen) atoms. The van der Waals surface area contributed by atoms with E-state index in [9.17, 15) is 9.59 Å². The number of amides is 2. The van der Waals surface area contributed by atoms with E-state index >= 15 is 0 Å². The number of aromatic nitrogens is 1. The van der Waals surface area contributed by atoms with E-state index in [1.807, 2.05) is 18.2 Å². The Hall–Kier alpha value is -3.38. The van der Waals surface area contributed by atoms with Crippen molar-refractivity contribution in [2.75, 3.05) is 5.32 Å². The molecule has 0 bridgehead atoms. The summed E-state index contributed by atoms with van der Waals surface area (Å²) in [5, 5.41) is 3.48. The fourth-order valence-corrected chi connectivity index (χ4v) is 3.48. The van der Waals surface area contributed by atoms with Crippen LogP contribution in [-0.4, -0.2) is 16.8 Å². The predicted octanol–water partition coefficient (Wildman–Crippen LogP) is 4.15. The SMILES string of the molecule is NC(=O)c1cncc(OC2CCc3ccc(NC(=O)c4ccc(Cl)cc4)cc32)c1. The molecule has 0 radical (unpaired) electrons. The lowest BCUT2D eigenvalue weighted by Gasteiger charge is -2.16. The van der Waals surface area contributed by atoms with Crippen LogP contribution in [0.4, 0.5) is 5.69 Å². The number of hydrogen-bond donors (Lipinski definition) is 2. The molecule has 4 rings (SSSR count). The van der Waals surface area contributed by atoms with Crippen molar-refractivity contribution in [3.63, 3.8) is 0 Å². The molecule has 146 valence electrons. The highest BCUT2D eigenvalue weighted by Gasteiger charge is 2.25. The Bertz CT molecular complexity index is 1080. The first-order valence-electron chi connectivity index (χ1n) is 9.11. The van der Waals surface area contributed by atoms with Gasteiger partial charge in [-0.25, -0.2) is 0 Å². The summed E-state index contributed by atoms with van der Waals surface area (Å²) in [5.41, 5.74) is 8.98. The molecule has 0 fully saturated rings. The number of nitrogens with zero attached hydrogens (tertiary/aromatic N) is 1. The number of nitrogens with one attached hydrogen (secondary N) is 1. The Morgan fingerprint density at radius 2 is 1.86 bits per heavy atom. The normalized spacial score (nSPS) is 14.9. The van der Waals surface area contributed by atoms with Crippen LogP contribution in [0.1, 0.15) is 44.4 Å². The fraction of sp³-hybridized carbons (Fsp3) is 0.136. The van der Waals surface area contributed by atoms with Gasteiger partial charge < -0.3 is 15.8 Å². The van der Waals surface area contributed by atoms with Gasteiger partial charge in [0, 0.05) is 22.5 Å². The van der Waals surface area contributed by atoms with Gasteiger partial charge >= 0.3 is 0 Å². The number of carbonyl (C=O) groups is 2. The number of nitrogens with two attached hydrogens (primary N) is 1. The summed E-state index contributed by atoms with van der Waals surface area (Å²) in [6.07, 6.45) is 4.43. The maximum atomic E-state index is 12.5. The molecule has 7 heteroatoms. The monoisotopic (exact) mass is 407 g/mol. The lowest BCUT2D eigenvalue weighted by atomic mass is 10.1. The Morgan fingerprint density at radius 1 is 1.07 bits per heavy atom. The van der Waals surface area contributed by atoms with Crippen molar-refractivity contribution in [1.82, 2.24) is 4.98 Å². The minimum Gasteiger partial charge on any atom is -0.484 e. The summed E-state index contributed by atoms with van der Waals surface area (Å²) in [4.78, 5) is 27.8. The lowest BCUT2D eigenvalue weighted by molar-refractivity contribution is 0.0996. The number of rotatable bonds is 5. The molecule has 1 aliphatic carbocycles. The van der Waals surface area contributed by atoms with Crippen LogP contribution in [0.25, 0.3) is 0 Å². The van der Waals surface area contributed by atoms with Crippen molar-refractivity contribution in [2.24, 2.45) is 5.73 Å². The molecule has 0 saturated carbocycles. The fourth-order valence-electron chi connectivity index (χ4n) is 3.35. The zero-order chi connectivity index (χ0) is 20.4. The van der Waals surface area contributed by atoms with Crippen LogP contribution in [0.5, 0.6) is 5.75 Å². The number of aryl methyl sites for hydroxylation is 1. The van der Waals surface area contributed by atoms with E-state index < -0.39 is 5.91 Å². The van der Waals surface area contributed by atoms with Crippen LogP contribution in [0.15, 0.2) is 60.9 Å². The van der Waals surface area contributed by atoms with Crippen molar-refractivity contribution in [3.8, 4) is 5.75 Å². The van der Waals surface area contributed by atoms with Gasteiger partial charge in [0.1, 0.15) is 11.9 Å². The van der Waals surface area contributed by atoms with Crippen LogP contribution in [0.2, 0.25) is 5.02 Å². The minimum atomic E-state index is -0.554. The van der Waals surface area contributed by atoms with Gasteiger partial charge in [0.05, 0.1) is 11.8 Å². The summed E-state index contributed by atoms with van der Waals surface area (Å²) in [5.74, 6) is -0.285. The van der Waals surface area contributed by atoms with Gasteiger partial charge in [-0.05, 0) is 66.4 Å². The molecular formula is C22H18ClN3O3. The van der Waals surface area contributed by atoms with E-state index in [0.717, 1.165) is 18.4 Å². The van der Waals surface area contributed by atoms with Gasteiger partial charge in [0.15, 0.2) is 0 Å². The van der Waals surface area contributed by atoms with Gasteiger partial charge in [-0.3, -0.25) is 14.6 Å². The molecule has 0 spiro atoms. The molecule has 1 aliphatic rings. The van der Waals surface area contributed by atoms with E-state index in [-0.39, 0.29) is 12.0 Å². The number of fused-ring (bicyclic) bond motifs is 1. The van der Waals surface area contributed by atoms with Crippen LogP contribution in [-0.2, 0) is 6.42 Å². The molecule has 1 unspecified atom stereocenters. The third kappa shape index (κ3) is 4.22. The number of primary amides is 1. The van der Waals surface area contributed by atoms with E-state index in [0.29, 0.717) is 27.6 Å². The third-order valence-corrected chi connectivity index (χ3v) is 5.06. The first kappa shape index (κ1) is 19.0. The topological polar surface area (TPSA) is 94.3 Å². The minimum absolute atomic E-state index is 0.192. The van der Waals surface area contributed by atoms with E-state index in [4.69, 9.17) is 22.1 Å². The molecule has 1 atom stereocenters. The highest BCUT2D eigenvalue weighted by atomic mass is 35.5. The Labute approximate surface area is 172 Å². The molecule has 1 aromatic heterocycles. The second kappa shape index (κ2) is 7.93. The van der Waals surface area contributed by atoms with Gasteiger partial charge in [-0.2, -0.15) is 0 Å². The van der Waals surface area contributed by atoms with Crippen LogP contribution >= 0.6 is 11.6 Å². The van der Waals surface area contributed by atoms with Crippen molar-refractivity contribution in [2.45, 2.75) is 18.9 Å². The van der Waals surface area contributed by atoms with Gasteiger partial charge in [-0.15, -0.1) is 0 Å². The second-order valence-electron chi connectivity index (χ2n) is 6.79. The number of pyridine rings is 1. The summed E-state index contributed by atoms with van der Waals surface area (Å²) in [6.45, 7) is 0. The number of carbonyl (C=O) groups excluding carboxylic acids is 2. The molecule has 0 aliphatic heterocycles. The molecule has 1 heterocycles. The first-order chi connectivity index (χ1) is 14.0. The summed E-state index contributed by atoms with van der Waals surface area (Å²) in [6, 6.07) is 14.1. The molecule has 0 saturated heterocycles. The van der Waals surface area contributed by atoms with Gasteiger partial charge in [-0.1, -0.05) is 17.7 Å². The molecular weight excluding hydrogens is 390 g/mol. The average Bonchev–Trinajstić information content (AvgIpc) is 3.10. The lowest BCUT2D eigenvalue weighted by Crippen LogP contribution is -2.13. The van der Waals surface area contributed by atoms with E-state index in [2.05, 4.69) is 10.3 Å². The number of hydrogen-bond acceptors (Lipinski definition) is 4. The average molecular weight is 408 g/mol. The number of anilines is 1. The molecule has 2 aromatic carbocycles. The number of benzene rings is 2. The predicted molar refractivity (Wildman–Crippen MR) is 110 cm³/mol. The first-order valence-corrected chi connectivity index (χ1v) is 9.48. The van der Waals surface area contributed by atoms with Crippen molar-refractivity contribution < 1.29 is 14.3 Å². The smallest absolute Gasteiger partial charge is 0.255 e. The second-order valence-corrected chi connectivity index (χ2v) is 7.23. The summed E-state index contributed by atoms with van der Waals surface area (Å²) < 4.78 is 6.05. The highest BCUT2D eigenvalue weighted by molar-refractivity contribution is 6.30. The van der Waals surface area contributed by atoms with Gasteiger partial charge in [0.2, 0.25) is 5.91 Å². The maximum absolute atomic E-state index is 12.5. The molecule has 6 nitrogen and oxygen atoms in total. The Balaban J connectivity index is 1.52. The van der Waals surface area contributed by atoms with Crippen molar-refractivity contribution >= 4 is 29.1 Å². The maximum Gasteiger partial charge on any atom is 0.255 e. The molecule has 3 N–H and O–H groups in total. The van der Waals surface area contributed by atoms with Gasteiger partial charge in [0.25, 0.3) is 5.91 Å². The molecule has 2 amide bonds. The van der Waals surface area contributed by atoms with Crippen molar-refractivity contribution in [1.29, 1.82) is 0 Å². The number of halogens is 1. The largest absolute Gasteiger partial charge is 0.484 e. The van der Waals surface area contributed by atoms with Crippen LogP contribution in [0.3, 0.4) is 0 Å². The van der Waals surface area contributed by atoms with Crippen molar-refractivity contribution in [3.05, 3.63) is 88.2 Å². The van der Waals surface area contributed by atoms with E-state index in [1.54, 1.807) is 36.5 Å². The zero-order valence-electron chi connectivity index (χ0n) is 15.4. The molecule has 3 aromatic rings. The van der Waals surface area contributed by atoms with E-state index in [1.165, 1.54) is 11.8 Å². The summed E-state index contributed by atoms with van der Waals surface area (Å²) in [7, 11) is 0. The van der Waals surface area contributed by atoms with Crippen LogP contribution < -0.4 is 15.8 Å². The highest BCUT2D eigenvalue weighted by Crippen LogP contribution is 2.36. The van der Waals surface area contributed by atoms with Crippen LogP contribution in [0, 0.1) is 0 Å². The standard InChI is InChI=1S/C22H18ClN3O3/c23-16-5-1-14(2-6-16)22(28)26-17-7-3-13-4-8-20(19(13)10-17)29-18-9-15(21(24)27)11-25-12-18/h1-3,5-7,9-12,20H,4,8H2,(H2,24,27)(H,26,28). The quantitative estimate of drug-likeness (QED) is 0.664. The Kier molecular flexibility index (Phi) is 5.18. The summed E-state index contributed by atoms with van der Waals surface area (Å²) >= 11 is 5.87. The Morgan fingerprint density at radius 3 is 2.62 bits per heavy atom. The number of ether oxygens (including phenoxy) is 1. The third-order valence-electron chi connectivity index (χ3n) is 4.81.